The lowest BCUT2D eigenvalue weighted by molar-refractivity contribution is 0.0472. The van der Waals surface area contributed by atoms with Gasteiger partial charge in [-0.3, -0.25) is 0 Å². The molecule has 0 unspecified atom stereocenters. The van der Waals surface area contributed by atoms with E-state index < -0.39 is 0 Å². The van der Waals surface area contributed by atoms with E-state index in [1.54, 1.807) is 6.07 Å². The Balaban J connectivity index is 2.10. The number of esters is 1. The highest BCUT2D eigenvalue weighted by Crippen LogP contribution is 2.18. The molecule has 0 bridgehead atoms. The second-order valence-electron chi connectivity index (χ2n) is 4.39. The molecule has 2 nitrogen and oxygen atoms in total. The smallest absolute Gasteiger partial charge is 0.339 e. The molecule has 0 N–H and O–H groups in total. The van der Waals surface area contributed by atoms with Gasteiger partial charge < -0.3 is 4.74 Å². The number of carbonyl (C=O) groups is 1. The Hall–Kier alpha value is -2.35. The van der Waals surface area contributed by atoms with Gasteiger partial charge in [-0.25, -0.2) is 4.79 Å². The average molecular weight is 252 g/mol. The molecule has 0 fully saturated rings. The number of allylic oxidation sites excluding steroid dienone is 1. The molecule has 0 amide bonds. The van der Waals surface area contributed by atoms with E-state index in [0.717, 1.165) is 16.7 Å². The van der Waals surface area contributed by atoms with Crippen LogP contribution in [0.3, 0.4) is 0 Å². The van der Waals surface area contributed by atoms with E-state index in [9.17, 15) is 4.79 Å². The minimum absolute atomic E-state index is 0.282. The molecule has 19 heavy (non-hydrogen) atoms. The van der Waals surface area contributed by atoms with E-state index in [2.05, 4.69) is 6.58 Å². The van der Waals surface area contributed by atoms with E-state index in [0.29, 0.717) is 5.56 Å². The number of carbonyl (C=O) groups excluding carboxylic acids is 1. The van der Waals surface area contributed by atoms with Gasteiger partial charge in [-0.2, -0.15) is 0 Å². The maximum atomic E-state index is 12.1. The third kappa shape index (κ3) is 3.32. The number of rotatable bonds is 4. The SMILES string of the molecule is C=C(C)c1ccccc1C(=O)OCc1ccccc1. The molecule has 2 aromatic carbocycles. The van der Waals surface area contributed by atoms with Crippen LogP contribution in [0.2, 0.25) is 0 Å². The van der Waals surface area contributed by atoms with Crippen LogP contribution in [0.25, 0.3) is 5.57 Å². The van der Waals surface area contributed by atoms with Crippen LogP contribution in [0, 0.1) is 0 Å². The third-order valence-corrected chi connectivity index (χ3v) is 2.82. The van der Waals surface area contributed by atoms with Crippen LogP contribution in [0.15, 0.2) is 61.2 Å². The van der Waals surface area contributed by atoms with Crippen molar-refractivity contribution in [2.24, 2.45) is 0 Å². The molecule has 2 aromatic rings. The maximum absolute atomic E-state index is 12.1. The van der Waals surface area contributed by atoms with E-state index >= 15 is 0 Å². The zero-order chi connectivity index (χ0) is 13.7. The van der Waals surface area contributed by atoms with Crippen LogP contribution in [0.4, 0.5) is 0 Å². The first-order chi connectivity index (χ1) is 9.18. The molecule has 96 valence electrons. The third-order valence-electron chi connectivity index (χ3n) is 2.82. The standard InChI is InChI=1S/C17H16O2/c1-13(2)15-10-6-7-11-16(15)17(18)19-12-14-8-4-3-5-9-14/h3-11H,1,12H2,2H3. The van der Waals surface area contributed by atoms with Crippen LogP contribution in [-0.2, 0) is 11.3 Å². The molecule has 0 spiro atoms. The quantitative estimate of drug-likeness (QED) is 0.766. The first-order valence-corrected chi connectivity index (χ1v) is 6.14. The Kier molecular flexibility index (Phi) is 4.14. The topological polar surface area (TPSA) is 26.3 Å². The van der Waals surface area contributed by atoms with Gasteiger partial charge in [0.2, 0.25) is 0 Å². The Morgan fingerprint density at radius 1 is 1.00 bits per heavy atom. The Morgan fingerprint density at radius 3 is 2.21 bits per heavy atom. The summed E-state index contributed by atoms with van der Waals surface area (Å²) in [6, 6.07) is 17.0. The zero-order valence-electron chi connectivity index (χ0n) is 10.9. The van der Waals surface area contributed by atoms with Crippen molar-refractivity contribution < 1.29 is 9.53 Å². The van der Waals surface area contributed by atoms with E-state index in [-0.39, 0.29) is 12.6 Å². The van der Waals surface area contributed by atoms with Crippen LogP contribution in [0.5, 0.6) is 0 Å². The summed E-state index contributed by atoms with van der Waals surface area (Å²) >= 11 is 0. The Morgan fingerprint density at radius 2 is 1.58 bits per heavy atom. The second kappa shape index (κ2) is 6.01. The van der Waals surface area contributed by atoms with Gasteiger partial charge in [-0.15, -0.1) is 0 Å². The molecule has 0 aliphatic heterocycles. The lowest BCUT2D eigenvalue weighted by Crippen LogP contribution is -2.07. The zero-order valence-corrected chi connectivity index (χ0v) is 10.9. The average Bonchev–Trinajstić information content (AvgIpc) is 2.46. The summed E-state index contributed by atoms with van der Waals surface area (Å²) in [6.45, 7) is 6.04. The predicted octanol–water partition coefficient (Wildman–Crippen LogP) is 4.08. The summed E-state index contributed by atoms with van der Waals surface area (Å²) in [4.78, 5) is 12.1. The number of benzene rings is 2. The summed E-state index contributed by atoms with van der Waals surface area (Å²) in [5, 5.41) is 0. The van der Waals surface area contributed by atoms with Gasteiger partial charge >= 0.3 is 5.97 Å². The normalized spacial score (nSPS) is 9.95. The Labute approximate surface area is 113 Å². The van der Waals surface area contributed by atoms with Crippen molar-refractivity contribution in [3.8, 4) is 0 Å². The summed E-state index contributed by atoms with van der Waals surface area (Å²) < 4.78 is 5.32. The molecule has 0 saturated carbocycles. The van der Waals surface area contributed by atoms with Gasteiger partial charge in [-0.05, 0) is 24.1 Å². The van der Waals surface area contributed by atoms with Gasteiger partial charge in [0.15, 0.2) is 0 Å². The van der Waals surface area contributed by atoms with Crippen molar-refractivity contribution >= 4 is 11.5 Å². The minimum atomic E-state index is -0.317. The number of hydrogen-bond acceptors (Lipinski definition) is 2. The molecule has 0 aromatic heterocycles. The first-order valence-electron chi connectivity index (χ1n) is 6.14. The molecular weight excluding hydrogens is 236 g/mol. The molecule has 0 aliphatic rings. The van der Waals surface area contributed by atoms with Crippen LogP contribution >= 0.6 is 0 Å². The van der Waals surface area contributed by atoms with E-state index in [1.165, 1.54) is 0 Å². The molecule has 0 atom stereocenters. The van der Waals surface area contributed by atoms with Gasteiger partial charge in [-0.1, -0.05) is 60.7 Å². The van der Waals surface area contributed by atoms with Crippen LogP contribution < -0.4 is 0 Å². The highest BCUT2D eigenvalue weighted by molar-refractivity contribution is 5.95. The van der Waals surface area contributed by atoms with Crippen molar-refractivity contribution in [3.63, 3.8) is 0 Å². The van der Waals surface area contributed by atoms with Crippen molar-refractivity contribution in [2.45, 2.75) is 13.5 Å². The van der Waals surface area contributed by atoms with Crippen LogP contribution in [-0.4, -0.2) is 5.97 Å². The first kappa shape index (κ1) is 13.1. The second-order valence-corrected chi connectivity index (χ2v) is 4.39. The fourth-order valence-electron chi connectivity index (χ4n) is 1.83. The summed E-state index contributed by atoms with van der Waals surface area (Å²) in [7, 11) is 0. The summed E-state index contributed by atoms with van der Waals surface area (Å²) in [5.74, 6) is -0.317. The number of ether oxygens (including phenoxy) is 1. The largest absolute Gasteiger partial charge is 0.457 e. The number of hydrogen-bond donors (Lipinski definition) is 0. The molecule has 0 saturated heterocycles. The highest BCUT2D eigenvalue weighted by Gasteiger charge is 2.12. The van der Waals surface area contributed by atoms with Crippen molar-refractivity contribution in [2.75, 3.05) is 0 Å². The highest BCUT2D eigenvalue weighted by atomic mass is 16.5. The lowest BCUT2D eigenvalue weighted by atomic mass is 10.0. The lowest BCUT2D eigenvalue weighted by Gasteiger charge is -2.09. The maximum Gasteiger partial charge on any atom is 0.339 e. The van der Waals surface area contributed by atoms with Gasteiger partial charge in [0.1, 0.15) is 6.61 Å². The fraction of sp³-hybridized carbons (Fsp3) is 0.118. The minimum Gasteiger partial charge on any atom is -0.457 e. The summed E-state index contributed by atoms with van der Waals surface area (Å²) in [5.41, 5.74) is 3.22. The molecule has 0 aliphatic carbocycles. The van der Waals surface area contributed by atoms with Crippen molar-refractivity contribution in [1.82, 2.24) is 0 Å². The van der Waals surface area contributed by atoms with E-state index in [1.807, 2.05) is 55.5 Å². The molecular formula is C17H16O2. The predicted molar refractivity (Wildman–Crippen MR) is 76.7 cm³/mol. The molecule has 2 rings (SSSR count). The van der Waals surface area contributed by atoms with Crippen LogP contribution in [0.1, 0.15) is 28.4 Å². The molecule has 0 heterocycles. The fourth-order valence-corrected chi connectivity index (χ4v) is 1.83. The summed E-state index contributed by atoms with van der Waals surface area (Å²) in [6.07, 6.45) is 0. The van der Waals surface area contributed by atoms with Crippen molar-refractivity contribution in [1.29, 1.82) is 0 Å². The van der Waals surface area contributed by atoms with Crippen molar-refractivity contribution in [3.05, 3.63) is 77.9 Å². The molecule has 0 radical (unpaired) electrons. The monoisotopic (exact) mass is 252 g/mol. The van der Waals surface area contributed by atoms with Gasteiger partial charge in [0, 0.05) is 0 Å². The Bertz CT molecular complexity index is 585. The molecule has 2 heteroatoms. The van der Waals surface area contributed by atoms with Gasteiger partial charge in [0.25, 0.3) is 0 Å². The van der Waals surface area contributed by atoms with Gasteiger partial charge in [0.05, 0.1) is 5.56 Å². The van der Waals surface area contributed by atoms with E-state index in [4.69, 9.17) is 4.74 Å².